The van der Waals surface area contributed by atoms with Gasteiger partial charge in [0.25, 0.3) is 0 Å². The Morgan fingerprint density at radius 2 is 1.58 bits per heavy atom. The first-order valence-electron chi connectivity index (χ1n) is 8.25. The van der Waals surface area contributed by atoms with Gasteiger partial charge in [-0.05, 0) is 70.3 Å². The zero-order valence-electron chi connectivity index (χ0n) is 13.7. The molecule has 0 aliphatic carbocycles. The molecule has 2 heteroatoms. The molecule has 0 aromatic heterocycles. The minimum absolute atomic E-state index is 0.268. The number of fused-ring (bicyclic) bond motifs is 2. The molecule has 0 aromatic carbocycles. The lowest BCUT2D eigenvalue weighted by atomic mass is 9.81. The smallest absolute Gasteiger partial charge is 0.0130 e. The Labute approximate surface area is 120 Å². The lowest BCUT2D eigenvalue weighted by Gasteiger charge is -2.35. The second kappa shape index (κ2) is 5.73. The summed E-state index contributed by atoms with van der Waals surface area (Å²) in [6.45, 7) is 12.9. The molecule has 2 aliphatic rings. The molecule has 112 valence electrons. The fraction of sp³-hybridized carbons (Fsp3) is 1.00. The SMILES string of the molecule is CC(C)(C)CC(C)(C)NCCC1CC2CCC(C1)N2. The van der Waals surface area contributed by atoms with Crippen LogP contribution < -0.4 is 10.6 Å². The van der Waals surface area contributed by atoms with Gasteiger partial charge in [0, 0.05) is 17.6 Å². The van der Waals surface area contributed by atoms with E-state index in [9.17, 15) is 0 Å². The highest BCUT2D eigenvalue weighted by molar-refractivity contribution is 4.92. The van der Waals surface area contributed by atoms with Crippen LogP contribution in [0.3, 0.4) is 0 Å². The Morgan fingerprint density at radius 1 is 1.00 bits per heavy atom. The molecule has 0 saturated carbocycles. The summed E-state index contributed by atoms with van der Waals surface area (Å²) < 4.78 is 0. The maximum atomic E-state index is 3.79. The van der Waals surface area contributed by atoms with E-state index in [2.05, 4.69) is 45.3 Å². The van der Waals surface area contributed by atoms with E-state index in [1.54, 1.807) is 0 Å². The summed E-state index contributed by atoms with van der Waals surface area (Å²) in [5.41, 5.74) is 0.675. The third-order valence-corrected chi connectivity index (χ3v) is 4.70. The van der Waals surface area contributed by atoms with Gasteiger partial charge in [0.15, 0.2) is 0 Å². The Hall–Kier alpha value is -0.0800. The minimum atomic E-state index is 0.268. The van der Waals surface area contributed by atoms with Crippen molar-refractivity contribution in [3.05, 3.63) is 0 Å². The van der Waals surface area contributed by atoms with E-state index in [0.29, 0.717) is 5.41 Å². The second-order valence-corrected chi connectivity index (χ2v) is 8.81. The van der Waals surface area contributed by atoms with E-state index in [1.807, 2.05) is 0 Å². The average Bonchev–Trinajstić information content (AvgIpc) is 2.54. The van der Waals surface area contributed by atoms with Crippen LogP contribution in [-0.4, -0.2) is 24.2 Å². The zero-order chi connectivity index (χ0) is 14.1. The lowest BCUT2D eigenvalue weighted by Crippen LogP contribution is -2.44. The first-order chi connectivity index (χ1) is 8.73. The van der Waals surface area contributed by atoms with Gasteiger partial charge >= 0.3 is 0 Å². The van der Waals surface area contributed by atoms with Gasteiger partial charge in [0.05, 0.1) is 0 Å². The van der Waals surface area contributed by atoms with Crippen molar-refractivity contribution < 1.29 is 0 Å². The monoisotopic (exact) mass is 266 g/mol. The number of hydrogen-bond donors (Lipinski definition) is 2. The van der Waals surface area contributed by atoms with Crippen LogP contribution in [0.5, 0.6) is 0 Å². The maximum absolute atomic E-state index is 3.79. The molecular weight excluding hydrogens is 232 g/mol. The molecular formula is C17H34N2. The predicted molar refractivity (Wildman–Crippen MR) is 83.4 cm³/mol. The standard InChI is InChI=1S/C17H34N2/c1-16(2,3)12-17(4,5)18-9-8-13-10-14-6-7-15(11-13)19-14/h13-15,18-19H,6-12H2,1-5H3. The molecule has 2 N–H and O–H groups in total. The Kier molecular flexibility index (Phi) is 4.62. The molecule has 2 heterocycles. The van der Waals surface area contributed by atoms with Crippen molar-refractivity contribution in [2.75, 3.05) is 6.54 Å². The van der Waals surface area contributed by atoms with Gasteiger partial charge in [0.1, 0.15) is 0 Å². The van der Waals surface area contributed by atoms with Gasteiger partial charge in [-0.1, -0.05) is 20.8 Å². The molecule has 19 heavy (non-hydrogen) atoms. The van der Waals surface area contributed by atoms with Crippen molar-refractivity contribution >= 4 is 0 Å². The number of hydrogen-bond acceptors (Lipinski definition) is 2. The minimum Gasteiger partial charge on any atom is -0.312 e. The summed E-state index contributed by atoms with van der Waals surface area (Å²) in [7, 11) is 0. The summed E-state index contributed by atoms with van der Waals surface area (Å²) >= 11 is 0. The van der Waals surface area contributed by atoms with Gasteiger partial charge in [-0.3, -0.25) is 0 Å². The Morgan fingerprint density at radius 3 is 2.11 bits per heavy atom. The fourth-order valence-corrected chi connectivity index (χ4v) is 4.41. The number of piperidine rings is 1. The molecule has 2 fully saturated rings. The van der Waals surface area contributed by atoms with E-state index in [4.69, 9.17) is 0 Å². The molecule has 2 saturated heterocycles. The average molecular weight is 266 g/mol. The Balaban J connectivity index is 1.68. The van der Waals surface area contributed by atoms with Crippen molar-refractivity contribution in [2.45, 2.75) is 90.8 Å². The largest absolute Gasteiger partial charge is 0.312 e. The Bertz CT molecular complexity index is 278. The summed E-state index contributed by atoms with van der Waals surface area (Å²) in [6, 6.07) is 1.68. The molecule has 2 nitrogen and oxygen atoms in total. The number of rotatable bonds is 5. The summed E-state index contributed by atoms with van der Waals surface area (Å²) in [4.78, 5) is 0. The van der Waals surface area contributed by atoms with Crippen LogP contribution in [-0.2, 0) is 0 Å². The van der Waals surface area contributed by atoms with Crippen LogP contribution in [0.4, 0.5) is 0 Å². The lowest BCUT2D eigenvalue weighted by molar-refractivity contribution is 0.227. The highest BCUT2D eigenvalue weighted by Gasteiger charge is 2.33. The molecule has 2 aliphatic heterocycles. The molecule has 0 aromatic rings. The predicted octanol–water partition coefficient (Wildman–Crippen LogP) is 3.71. The molecule has 0 amide bonds. The van der Waals surface area contributed by atoms with Crippen LogP contribution in [0.15, 0.2) is 0 Å². The molecule has 2 atom stereocenters. The molecule has 2 bridgehead atoms. The first-order valence-corrected chi connectivity index (χ1v) is 8.25. The van der Waals surface area contributed by atoms with Gasteiger partial charge < -0.3 is 10.6 Å². The van der Waals surface area contributed by atoms with Gasteiger partial charge in [0.2, 0.25) is 0 Å². The molecule has 2 unspecified atom stereocenters. The van der Waals surface area contributed by atoms with Gasteiger partial charge in [-0.15, -0.1) is 0 Å². The first kappa shape index (κ1) is 15.3. The summed E-state index contributed by atoms with van der Waals surface area (Å²) in [5.74, 6) is 0.955. The summed E-state index contributed by atoms with van der Waals surface area (Å²) in [5, 5.41) is 7.53. The van der Waals surface area contributed by atoms with Crippen molar-refractivity contribution in [2.24, 2.45) is 11.3 Å². The van der Waals surface area contributed by atoms with Crippen molar-refractivity contribution in [3.8, 4) is 0 Å². The maximum Gasteiger partial charge on any atom is 0.0130 e. The van der Waals surface area contributed by atoms with E-state index in [-0.39, 0.29) is 5.54 Å². The quantitative estimate of drug-likeness (QED) is 0.792. The van der Waals surface area contributed by atoms with Crippen LogP contribution >= 0.6 is 0 Å². The van der Waals surface area contributed by atoms with E-state index in [0.717, 1.165) is 18.0 Å². The van der Waals surface area contributed by atoms with Crippen molar-refractivity contribution in [3.63, 3.8) is 0 Å². The molecule has 2 rings (SSSR count). The normalized spacial score (nSPS) is 31.7. The van der Waals surface area contributed by atoms with Crippen molar-refractivity contribution in [1.82, 2.24) is 10.6 Å². The van der Waals surface area contributed by atoms with Crippen LogP contribution in [0, 0.1) is 11.3 Å². The third-order valence-electron chi connectivity index (χ3n) is 4.70. The molecule has 0 spiro atoms. The van der Waals surface area contributed by atoms with E-state index < -0.39 is 0 Å². The highest BCUT2D eigenvalue weighted by atomic mass is 15.0. The van der Waals surface area contributed by atoms with Crippen LogP contribution in [0.2, 0.25) is 0 Å². The topological polar surface area (TPSA) is 24.1 Å². The summed E-state index contributed by atoms with van der Waals surface area (Å²) in [6.07, 6.45) is 8.27. The van der Waals surface area contributed by atoms with Gasteiger partial charge in [-0.25, -0.2) is 0 Å². The van der Waals surface area contributed by atoms with Crippen molar-refractivity contribution in [1.29, 1.82) is 0 Å². The number of nitrogens with one attached hydrogen (secondary N) is 2. The second-order valence-electron chi connectivity index (χ2n) is 8.81. The zero-order valence-corrected chi connectivity index (χ0v) is 13.7. The van der Waals surface area contributed by atoms with E-state index in [1.165, 1.54) is 45.1 Å². The van der Waals surface area contributed by atoms with Crippen LogP contribution in [0.25, 0.3) is 0 Å². The van der Waals surface area contributed by atoms with Gasteiger partial charge in [-0.2, -0.15) is 0 Å². The molecule has 0 radical (unpaired) electrons. The van der Waals surface area contributed by atoms with E-state index >= 15 is 0 Å². The fourth-order valence-electron chi connectivity index (χ4n) is 4.41. The third kappa shape index (κ3) is 5.07. The van der Waals surface area contributed by atoms with Crippen LogP contribution in [0.1, 0.15) is 73.1 Å². The highest BCUT2D eigenvalue weighted by Crippen LogP contribution is 2.33.